The third-order valence-electron chi connectivity index (χ3n) is 5.04. The number of aromatic amines is 1. The number of ether oxygens (including phenoxy) is 1. The SMILES string of the molecule is Cc1cc2c(F)c(Oc3ncnc(Nc4ccc(NCN=O)cc4)c3C(=O)N(C)C)cc(F)c2[nH]1. The molecule has 0 radical (unpaired) electrons. The first-order valence-electron chi connectivity index (χ1n) is 10.4. The number of hydrogen-bond acceptors (Lipinski definition) is 8. The molecule has 180 valence electrons. The van der Waals surface area contributed by atoms with Crippen molar-refractivity contribution in [3.05, 3.63) is 70.5 Å². The lowest BCUT2D eigenvalue weighted by Crippen LogP contribution is -2.24. The van der Waals surface area contributed by atoms with Crippen LogP contribution in [0.5, 0.6) is 11.6 Å². The van der Waals surface area contributed by atoms with Crippen LogP contribution in [-0.4, -0.2) is 46.5 Å². The van der Waals surface area contributed by atoms with Gasteiger partial charge in [-0.15, -0.1) is 4.91 Å². The van der Waals surface area contributed by atoms with E-state index in [1.807, 2.05) is 0 Å². The van der Waals surface area contributed by atoms with Crippen molar-refractivity contribution in [3.63, 3.8) is 0 Å². The number of halogens is 2. The Morgan fingerprint density at radius 3 is 2.54 bits per heavy atom. The minimum absolute atomic E-state index is 0.0174. The largest absolute Gasteiger partial charge is 0.435 e. The van der Waals surface area contributed by atoms with Crippen molar-refractivity contribution in [2.75, 3.05) is 31.4 Å². The number of nitrogens with zero attached hydrogens (tertiary/aromatic N) is 4. The molecule has 0 aliphatic heterocycles. The fourth-order valence-corrected chi connectivity index (χ4v) is 3.40. The van der Waals surface area contributed by atoms with Crippen LogP contribution in [0.4, 0.5) is 26.0 Å². The zero-order valence-electron chi connectivity index (χ0n) is 19.0. The van der Waals surface area contributed by atoms with E-state index in [-0.39, 0.29) is 34.8 Å². The Bertz CT molecular complexity index is 1400. The van der Waals surface area contributed by atoms with Gasteiger partial charge in [-0.2, -0.15) is 0 Å². The molecule has 0 bridgehead atoms. The number of rotatable bonds is 8. The molecule has 0 aliphatic rings. The molecule has 0 saturated heterocycles. The fourth-order valence-electron chi connectivity index (χ4n) is 3.40. The lowest BCUT2D eigenvalue weighted by molar-refractivity contribution is 0.0825. The smallest absolute Gasteiger partial charge is 0.262 e. The van der Waals surface area contributed by atoms with E-state index in [9.17, 15) is 14.1 Å². The van der Waals surface area contributed by atoms with Gasteiger partial charge in [0, 0.05) is 42.6 Å². The van der Waals surface area contributed by atoms with E-state index in [1.165, 1.54) is 25.1 Å². The second-order valence-corrected chi connectivity index (χ2v) is 7.78. The third-order valence-corrected chi connectivity index (χ3v) is 5.04. The minimum atomic E-state index is -0.796. The van der Waals surface area contributed by atoms with Crippen molar-refractivity contribution >= 4 is 34.0 Å². The summed E-state index contributed by atoms with van der Waals surface area (Å²) >= 11 is 0. The Labute approximate surface area is 198 Å². The molecule has 12 heteroatoms. The van der Waals surface area contributed by atoms with Crippen molar-refractivity contribution < 1.29 is 18.3 Å². The Morgan fingerprint density at radius 1 is 1.14 bits per heavy atom. The quantitative estimate of drug-likeness (QED) is 0.305. The second kappa shape index (κ2) is 9.71. The zero-order chi connectivity index (χ0) is 25.1. The van der Waals surface area contributed by atoms with Crippen LogP contribution in [0.1, 0.15) is 16.1 Å². The van der Waals surface area contributed by atoms with Gasteiger partial charge in [-0.1, -0.05) is 0 Å². The van der Waals surface area contributed by atoms with E-state index in [1.54, 1.807) is 31.2 Å². The summed E-state index contributed by atoms with van der Waals surface area (Å²) in [6.45, 7) is 1.60. The van der Waals surface area contributed by atoms with Crippen molar-refractivity contribution in [1.29, 1.82) is 0 Å². The number of hydrogen-bond donors (Lipinski definition) is 3. The summed E-state index contributed by atoms with van der Waals surface area (Å²) in [4.78, 5) is 35.5. The number of carbonyl (C=O) groups is 1. The number of amides is 1. The van der Waals surface area contributed by atoms with E-state index < -0.39 is 23.3 Å². The van der Waals surface area contributed by atoms with E-state index in [4.69, 9.17) is 4.74 Å². The van der Waals surface area contributed by atoms with Crippen LogP contribution < -0.4 is 15.4 Å². The van der Waals surface area contributed by atoms with Gasteiger partial charge in [0.25, 0.3) is 5.91 Å². The van der Waals surface area contributed by atoms with Crippen LogP contribution in [0.25, 0.3) is 10.9 Å². The van der Waals surface area contributed by atoms with Crippen LogP contribution in [0.3, 0.4) is 0 Å². The van der Waals surface area contributed by atoms with Gasteiger partial charge in [0.1, 0.15) is 18.6 Å². The highest BCUT2D eigenvalue weighted by molar-refractivity contribution is 6.01. The molecule has 4 rings (SSSR count). The Balaban J connectivity index is 1.72. The van der Waals surface area contributed by atoms with Crippen LogP contribution in [0.2, 0.25) is 0 Å². The molecule has 2 aromatic carbocycles. The molecule has 0 spiro atoms. The van der Waals surface area contributed by atoms with Crippen LogP contribution in [-0.2, 0) is 0 Å². The molecule has 4 aromatic rings. The molecule has 0 atom stereocenters. The number of aromatic nitrogens is 3. The highest BCUT2D eigenvalue weighted by atomic mass is 19.1. The van der Waals surface area contributed by atoms with Crippen molar-refractivity contribution in [2.24, 2.45) is 5.18 Å². The molecule has 1 amide bonds. The first kappa shape index (κ1) is 23.5. The number of carbonyl (C=O) groups excluding carboxylic acids is 1. The molecule has 0 unspecified atom stereocenters. The highest BCUT2D eigenvalue weighted by Crippen LogP contribution is 2.35. The number of anilines is 3. The summed E-state index contributed by atoms with van der Waals surface area (Å²) in [7, 11) is 3.05. The number of fused-ring (bicyclic) bond motifs is 1. The number of H-pyrrole nitrogens is 1. The van der Waals surface area contributed by atoms with Gasteiger partial charge in [0.2, 0.25) is 5.88 Å². The lowest BCUT2D eigenvalue weighted by atomic mass is 10.2. The normalized spacial score (nSPS) is 10.8. The molecular weight excluding hydrogens is 460 g/mol. The maximum Gasteiger partial charge on any atom is 0.262 e. The molecule has 2 heterocycles. The second-order valence-electron chi connectivity index (χ2n) is 7.78. The molecule has 0 saturated carbocycles. The van der Waals surface area contributed by atoms with E-state index >= 15 is 4.39 Å². The summed E-state index contributed by atoms with van der Waals surface area (Å²) in [5.41, 5.74) is 1.75. The molecule has 0 fully saturated rings. The van der Waals surface area contributed by atoms with Crippen molar-refractivity contribution in [3.8, 4) is 11.6 Å². The van der Waals surface area contributed by atoms with Crippen molar-refractivity contribution in [2.45, 2.75) is 6.92 Å². The van der Waals surface area contributed by atoms with Crippen LogP contribution >= 0.6 is 0 Å². The van der Waals surface area contributed by atoms with Gasteiger partial charge in [-0.05, 0) is 42.4 Å². The third kappa shape index (κ3) is 4.86. The van der Waals surface area contributed by atoms with Crippen molar-refractivity contribution in [1.82, 2.24) is 19.9 Å². The molecule has 0 aliphatic carbocycles. The maximum atomic E-state index is 15.1. The van der Waals surface area contributed by atoms with E-state index in [2.05, 4.69) is 30.8 Å². The van der Waals surface area contributed by atoms with E-state index in [0.717, 1.165) is 12.4 Å². The van der Waals surface area contributed by atoms with Crippen LogP contribution in [0.15, 0.2) is 47.9 Å². The first-order valence-corrected chi connectivity index (χ1v) is 10.4. The minimum Gasteiger partial charge on any atom is -0.435 e. The van der Waals surface area contributed by atoms with Gasteiger partial charge in [0.15, 0.2) is 23.2 Å². The van der Waals surface area contributed by atoms with Gasteiger partial charge in [-0.3, -0.25) is 4.79 Å². The first-order chi connectivity index (χ1) is 16.8. The summed E-state index contributed by atoms with van der Waals surface area (Å²) in [5, 5.41) is 8.58. The molecular formula is C23H21F2N7O3. The standard InChI is InChI=1S/C23H21F2N7O3/c1-12-8-15-19(25)17(9-16(24)20(15)30-12)35-22-18(23(33)32(2)3)21(27-10-28-22)31-14-6-4-13(5-7-14)26-11-29-34/h4-10,26,30H,11H2,1-3H3,(H,27,28,31). The fraction of sp³-hybridized carbons (Fsp3) is 0.174. The van der Waals surface area contributed by atoms with Gasteiger partial charge in [-0.25, -0.2) is 18.7 Å². The summed E-state index contributed by atoms with van der Waals surface area (Å²) in [6.07, 6.45) is 1.14. The molecule has 3 N–H and O–H groups in total. The summed E-state index contributed by atoms with van der Waals surface area (Å²) in [5.74, 6) is -2.60. The predicted molar refractivity (Wildman–Crippen MR) is 127 cm³/mol. The maximum absolute atomic E-state index is 15.1. The average molecular weight is 481 g/mol. The van der Waals surface area contributed by atoms with E-state index in [0.29, 0.717) is 17.1 Å². The van der Waals surface area contributed by atoms with Gasteiger partial charge in [0.05, 0.1) is 5.52 Å². The lowest BCUT2D eigenvalue weighted by Gasteiger charge is -2.17. The number of nitroso groups, excluding NO2 is 1. The topological polar surface area (TPSA) is 125 Å². The van der Waals surface area contributed by atoms with Gasteiger partial charge >= 0.3 is 0 Å². The summed E-state index contributed by atoms with van der Waals surface area (Å²) < 4.78 is 35.3. The van der Waals surface area contributed by atoms with Crippen LogP contribution in [0, 0.1) is 23.5 Å². The highest BCUT2D eigenvalue weighted by Gasteiger charge is 2.25. The molecule has 35 heavy (non-hydrogen) atoms. The Kier molecular flexibility index (Phi) is 6.53. The zero-order valence-corrected chi connectivity index (χ0v) is 19.0. The number of aryl methyl sites for hydroxylation is 1. The predicted octanol–water partition coefficient (Wildman–Crippen LogP) is 4.92. The monoisotopic (exact) mass is 481 g/mol. The average Bonchev–Trinajstić information content (AvgIpc) is 3.24. The number of nitrogens with one attached hydrogen (secondary N) is 3. The Hall–Kier alpha value is -4.61. The van der Waals surface area contributed by atoms with Gasteiger partial charge < -0.3 is 25.3 Å². The molecule has 2 aromatic heterocycles. The number of benzene rings is 2. The Morgan fingerprint density at radius 2 is 1.86 bits per heavy atom. The molecule has 10 nitrogen and oxygen atoms in total. The summed E-state index contributed by atoms with van der Waals surface area (Å²) in [6, 6.07) is 9.14.